The van der Waals surface area contributed by atoms with E-state index in [0.717, 1.165) is 36.4 Å². The van der Waals surface area contributed by atoms with E-state index >= 15 is 0 Å². The Bertz CT molecular complexity index is 826. The van der Waals surface area contributed by atoms with Crippen molar-refractivity contribution in [3.05, 3.63) is 36.1 Å². The fraction of sp³-hybridized carbons (Fsp3) is 0.333. The third-order valence-corrected chi connectivity index (χ3v) is 4.12. The van der Waals surface area contributed by atoms with Crippen LogP contribution in [0.25, 0.3) is 16.9 Å². The maximum atomic E-state index is 5.99. The number of rotatable bonds is 3. The molecule has 0 aromatic carbocycles. The minimum atomic E-state index is 0.381. The Kier molecular flexibility index (Phi) is 3.80. The molecule has 1 fully saturated rings. The molecule has 0 saturated carbocycles. The summed E-state index contributed by atoms with van der Waals surface area (Å²) in [6.45, 7) is 2.03. The third-order valence-electron chi connectivity index (χ3n) is 3.92. The van der Waals surface area contributed by atoms with Gasteiger partial charge in [0.15, 0.2) is 5.82 Å². The van der Waals surface area contributed by atoms with Gasteiger partial charge < -0.3 is 10.6 Å². The Morgan fingerprint density at radius 3 is 3.09 bits per heavy atom. The molecular formula is C15H16ClN7. The van der Waals surface area contributed by atoms with Crippen LogP contribution in [0.3, 0.4) is 0 Å². The lowest BCUT2D eigenvalue weighted by Gasteiger charge is -2.24. The first-order valence-electron chi connectivity index (χ1n) is 7.58. The van der Waals surface area contributed by atoms with Crippen LogP contribution in [0.5, 0.6) is 0 Å². The molecule has 3 aromatic rings. The molecule has 3 aromatic heterocycles. The highest BCUT2D eigenvalue weighted by molar-refractivity contribution is 6.29. The molecular weight excluding hydrogens is 314 g/mol. The summed E-state index contributed by atoms with van der Waals surface area (Å²) in [5, 5.41) is 7.24. The monoisotopic (exact) mass is 329 g/mol. The zero-order valence-electron chi connectivity index (χ0n) is 12.4. The van der Waals surface area contributed by atoms with Crippen molar-refractivity contribution in [1.29, 1.82) is 0 Å². The number of imidazole rings is 1. The van der Waals surface area contributed by atoms with Gasteiger partial charge in [0.2, 0.25) is 0 Å². The van der Waals surface area contributed by atoms with Crippen LogP contribution in [-0.4, -0.2) is 43.6 Å². The molecule has 0 bridgehead atoms. The fourth-order valence-electron chi connectivity index (χ4n) is 2.80. The van der Waals surface area contributed by atoms with Crippen LogP contribution in [0, 0.1) is 0 Å². The van der Waals surface area contributed by atoms with E-state index in [1.807, 2.05) is 4.57 Å². The molecule has 0 spiro atoms. The lowest BCUT2D eigenvalue weighted by Crippen LogP contribution is -2.38. The van der Waals surface area contributed by atoms with Gasteiger partial charge in [0.05, 0.1) is 24.1 Å². The predicted octanol–water partition coefficient (Wildman–Crippen LogP) is 2.03. The number of fused-ring (bicyclic) bond motifs is 1. The summed E-state index contributed by atoms with van der Waals surface area (Å²) < 4.78 is 1.86. The highest BCUT2D eigenvalue weighted by Gasteiger charge is 2.14. The van der Waals surface area contributed by atoms with E-state index in [1.54, 1.807) is 31.0 Å². The summed E-state index contributed by atoms with van der Waals surface area (Å²) in [7, 11) is 0. The van der Waals surface area contributed by atoms with E-state index in [9.17, 15) is 0 Å². The molecule has 7 nitrogen and oxygen atoms in total. The second-order valence-electron chi connectivity index (χ2n) is 5.56. The van der Waals surface area contributed by atoms with Gasteiger partial charge in [0.25, 0.3) is 0 Å². The number of anilines is 1. The average molecular weight is 330 g/mol. The van der Waals surface area contributed by atoms with Crippen LogP contribution >= 0.6 is 11.6 Å². The lowest BCUT2D eigenvalue weighted by atomic mass is 10.1. The summed E-state index contributed by atoms with van der Waals surface area (Å²) in [5.41, 5.74) is 1.63. The second-order valence-corrected chi connectivity index (χ2v) is 5.95. The van der Waals surface area contributed by atoms with E-state index < -0.39 is 0 Å². The Morgan fingerprint density at radius 2 is 2.22 bits per heavy atom. The van der Waals surface area contributed by atoms with E-state index in [4.69, 9.17) is 11.6 Å². The van der Waals surface area contributed by atoms with Gasteiger partial charge >= 0.3 is 0 Å². The first-order chi connectivity index (χ1) is 11.3. The summed E-state index contributed by atoms with van der Waals surface area (Å²) in [4.78, 5) is 17.3. The number of halogens is 1. The number of hydrogen-bond acceptors (Lipinski definition) is 6. The normalized spacial score (nSPS) is 18.2. The van der Waals surface area contributed by atoms with E-state index in [0.29, 0.717) is 17.0 Å². The number of pyridine rings is 1. The Labute approximate surface area is 138 Å². The molecule has 4 rings (SSSR count). The van der Waals surface area contributed by atoms with Gasteiger partial charge in [0, 0.05) is 18.7 Å². The maximum Gasteiger partial charge on any atom is 0.159 e. The number of nitrogens with one attached hydrogen (secondary N) is 2. The Morgan fingerprint density at radius 1 is 1.26 bits per heavy atom. The van der Waals surface area contributed by atoms with Crippen LogP contribution < -0.4 is 10.6 Å². The van der Waals surface area contributed by atoms with Crippen LogP contribution in [0.15, 0.2) is 31.0 Å². The largest absolute Gasteiger partial charge is 0.365 e. The van der Waals surface area contributed by atoms with Crippen molar-refractivity contribution in [2.75, 3.05) is 18.4 Å². The molecule has 8 heteroatoms. The number of aromatic nitrogens is 5. The third kappa shape index (κ3) is 2.97. The maximum absolute atomic E-state index is 5.99. The van der Waals surface area contributed by atoms with Crippen LogP contribution in [-0.2, 0) is 0 Å². The van der Waals surface area contributed by atoms with Crippen molar-refractivity contribution < 1.29 is 0 Å². The van der Waals surface area contributed by atoms with Crippen LogP contribution in [0.4, 0.5) is 5.82 Å². The first kappa shape index (κ1) is 14.3. The highest BCUT2D eigenvalue weighted by atomic mass is 35.5. The Hall–Kier alpha value is -2.25. The van der Waals surface area contributed by atoms with E-state index in [2.05, 4.69) is 30.6 Å². The summed E-state index contributed by atoms with van der Waals surface area (Å²) in [6, 6.07) is 2.16. The Balaban J connectivity index is 1.65. The predicted molar refractivity (Wildman–Crippen MR) is 89.0 cm³/mol. The SMILES string of the molecule is Clc1cc2c(cn1)ncn2-c1cncc(N[C@@H]2CCCNC2)n1. The van der Waals surface area contributed by atoms with Gasteiger partial charge in [-0.2, -0.15) is 0 Å². The van der Waals surface area contributed by atoms with Crippen LogP contribution in [0.2, 0.25) is 5.15 Å². The molecule has 1 atom stereocenters. The minimum absolute atomic E-state index is 0.381. The van der Waals surface area contributed by atoms with E-state index in [1.165, 1.54) is 6.42 Å². The van der Waals surface area contributed by atoms with Gasteiger partial charge in [-0.15, -0.1) is 0 Å². The fourth-order valence-corrected chi connectivity index (χ4v) is 2.95. The second kappa shape index (κ2) is 6.10. The number of hydrogen-bond donors (Lipinski definition) is 2. The quantitative estimate of drug-likeness (QED) is 0.716. The van der Waals surface area contributed by atoms with Gasteiger partial charge in [0.1, 0.15) is 22.8 Å². The topological polar surface area (TPSA) is 80.5 Å². The lowest BCUT2D eigenvalue weighted by molar-refractivity contribution is 0.479. The van der Waals surface area contributed by atoms with Crippen molar-refractivity contribution >= 4 is 28.5 Å². The summed E-state index contributed by atoms with van der Waals surface area (Å²) >= 11 is 5.99. The number of piperidine rings is 1. The molecule has 0 unspecified atom stereocenters. The number of nitrogens with zero attached hydrogens (tertiary/aromatic N) is 5. The van der Waals surface area contributed by atoms with Gasteiger partial charge in [-0.25, -0.2) is 15.0 Å². The van der Waals surface area contributed by atoms with Gasteiger partial charge in [-0.3, -0.25) is 9.55 Å². The first-order valence-corrected chi connectivity index (χ1v) is 7.96. The molecule has 0 amide bonds. The molecule has 2 N–H and O–H groups in total. The molecule has 0 aliphatic carbocycles. The molecule has 1 aliphatic rings. The zero-order valence-corrected chi connectivity index (χ0v) is 13.2. The zero-order chi connectivity index (χ0) is 15.6. The highest BCUT2D eigenvalue weighted by Crippen LogP contribution is 2.19. The molecule has 118 valence electrons. The van der Waals surface area contributed by atoms with Crippen molar-refractivity contribution in [2.45, 2.75) is 18.9 Å². The molecule has 1 aliphatic heterocycles. The van der Waals surface area contributed by atoms with Gasteiger partial charge in [-0.05, 0) is 19.4 Å². The van der Waals surface area contributed by atoms with Crippen molar-refractivity contribution in [3.63, 3.8) is 0 Å². The average Bonchev–Trinajstić information content (AvgIpc) is 2.99. The van der Waals surface area contributed by atoms with E-state index in [-0.39, 0.29) is 0 Å². The molecule has 1 saturated heterocycles. The minimum Gasteiger partial charge on any atom is -0.365 e. The van der Waals surface area contributed by atoms with Crippen molar-refractivity contribution in [3.8, 4) is 5.82 Å². The summed E-state index contributed by atoms with van der Waals surface area (Å²) in [5.74, 6) is 1.46. The van der Waals surface area contributed by atoms with Gasteiger partial charge in [-0.1, -0.05) is 11.6 Å². The molecule has 0 radical (unpaired) electrons. The summed E-state index contributed by atoms with van der Waals surface area (Å²) in [6.07, 6.45) is 9.11. The molecule has 4 heterocycles. The van der Waals surface area contributed by atoms with Crippen molar-refractivity contribution in [2.24, 2.45) is 0 Å². The van der Waals surface area contributed by atoms with Crippen molar-refractivity contribution in [1.82, 2.24) is 29.8 Å². The molecule has 23 heavy (non-hydrogen) atoms. The smallest absolute Gasteiger partial charge is 0.159 e. The standard InChI is InChI=1S/C15H16ClN7/c16-13-4-12-11(6-19-13)20-9-23(12)15-8-18-7-14(22-15)21-10-2-1-3-17-5-10/h4,6-10,17H,1-3,5H2,(H,21,22)/t10-/m1/s1. The van der Waals surface area contributed by atoms with Crippen LogP contribution in [0.1, 0.15) is 12.8 Å².